The number of rotatable bonds is 8. The fraction of sp³-hybridized carbons (Fsp3) is 0.375. The fourth-order valence-electron chi connectivity index (χ4n) is 4.49. The lowest BCUT2D eigenvalue weighted by Crippen LogP contribution is -2.36. The van der Waals surface area contributed by atoms with E-state index in [1.807, 2.05) is 48.5 Å². The molecule has 2 aliphatic carbocycles. The number of hydrogen-bond donors (Lipinski definition) is 3. The summed E-state index contributed by atoms with van der Waals surface area (Å²) >= 11 is 0. The van der Waals surface area contributed by atoms with Crippen LogP contribution in [0.1, 0.15) is 30.4 Å². The van der Waals surface area contributed by atoms with Gasteiger partial charge in [-0.25, -0.2) is 13.6 Å². The Balaban J connectivity index is 1.30. The highest BCUT2D eigenvalue weighted by Gasteiger charge is 2.71. The zero-order valence-electron chi connectivity index (χ0n) is 17.9. The van der Waals surface area contributed by atoms with E-state index in [1.165, 1.54) is 6.92 Å². The van der Waals surface area contributed by atoms with Gasteiger partial charge in [0, 0.05) is 18.5 Å². The minimum Gasteiger partial charge on any atom is -0.481 e. The van der Waals surface area contributed by atoms with Crippen molar-refractivity contribution < 1.29 is 33.0 Å². The van der Waals surface area contributed by atoms with Gasteiger partial charge in [0.05, 0.1) is 12.3 Å². The number of amides is 2. The molecule has 0 radical (unpaired) electrons. The highest BCUT2D eigenvalue weighted by Crippen LogP contribution is 2.55. The summed E-state index contributed by atoms with van der Waals surface area (Å²) in [6.07, 6.45) is -1.20. The molecule has 2 amide bonds. The van der Waals surface area contributed by atoms with Crippen LogP contribution in [0.15, 0.2) is 48.5 Å². The zero-order valence-corrected chi connectivity index (χ0v) is 17.9. The standard InChI is InChI=1S/C24H24F2N2O5/c1-13(10-20(29)30)28-22(31)21-19(24(21,25)26)11-27-23(32)33-12-18-16-8-4-2-6-14(16)15-7-3-5-9-17(15)18/h2-9,13,18-19,21H,10-12H2,1H3,(H,27,32)(H,28,31)(H,29,30)/t13-,19-,21-/m0/s1. The lowest BCUT2D eigenvalue weighted by Gasteiger charge is -2.14. The molecule has 0 aliphatic heterocycles. The largest absolute Gasteiger partial charge is 0.481 e. The molecule has 1 saturated carbocycles. The van der Waals surface area contributed by atoms with E-state index in [0.29, 0.717) is 0 Å². The van der Waals surface area contributed by atoms with Crippen LogP contribution in [-0.4, -0.2) is 48.2 Å². The third-order valence-corrected chi connectivity index (χ3v) is 6.16. The second-order valence-corrected chi connectivity index (χ2v) is 8.47. The van der Waals surface area contributed by atoms with Crippen molar-refractivity contribution in [2.45, 2.75) is 31.2 Å². The van der Waals surface area contributed by atoms with E-state index in [1.54, 1.807) is 0 Å². The molecular weight excluding hydrogens is 434 g/mol. The normalized spacial score (nSPS) is 20.8. The van der Waals surface area contributed by atoms with Gasteiger partial charge in [0.1, 0.15) is 12.5 Å². The average Bonchev–Trinajstić information content (AvgIpc) is 3.17. The maximum Gasteiger partial charge on any atom is 0.407 e. The minimum absolute atomic E-state index is 0.0531. The first-order valence-corrected chi connectivity index (χ1v) is 10.7. The van der Waals surface area contributed by atoms with Crippen molar-refractivity contribution in [3.8, 4) is 11.1 Å². The smallest absolute Gasteiger partial charge is 0.407 e. The molecule has 3 N–H and O–H groups in total. The van der Waals surface area contributed by atoms with E-state index < -0.39 is 48.3 Å². The Bertz CT molecular complexity index is 1040. The van der Waals surface area contributed by atoms with Crippen LogP contribution in [0.5, 0.6) is 0 Å². The summed E-state index contributed by atoms with van der Waals surface area (Å²) in [5.74, 6) is -8.46. The number of nitrogens with one attached hydrogen (secondary N) is 2. The van der Waals surface area contributed by atoms with Crippen LogP contribution in [0.3, 0.4) is 0 Å². The maximum atomic E-state index is 14.1. The van der Waals surface area contributed by atoms with Gasteiger partial charge in [0.15, 0.2) is 0 Å². The molecule has 4 rings (SSSR count). The van der Waals surface area contributed by atoms with E-state index in [4.69, 9.17) is 9.84 Å². The molecule has 0 bridgehead atoms. The number of halogens is 2. The average molecular weight is 458 g/mol. The zero-order chi connectivity index (χ0) is 23.8. The minimum atomic E-state index is -3.27. The van der Waals surface area contributed by atoms with Crippen molar-refractivity contribution in [1.82, 2.24) is 10.6 Å². The Labute approximate surface area is 189 Å². The first-order chi connectivity index (χ1) is 15.7. The first-order valence-electron chi connectivity index (χ1n) is 10.7. The molecule has 2 aromatic carbocycles. The molecule has 0 unspecified atom stereocenters. The van der Waals surface area contributed by atoms with Crippen LogP contribution >= 0.6 is 0 Å². The Morgan fingerprint density at radius 1 is 1.06 bits per heavy atom. The number of carboxylic acids is 1. The van der Waals surface area contributed by atoms with Crippen molar-refractivity contribution in [2.75, 3.05) is 13.2 Å². The Hall–Kier alpha value is -3.49. The number of fused-ring (bicyclic) bond motifs is 3. The van der Waals surface area contributed by atoms with Crippen LogP contribution < -0.4 is 10.6 Å². The van der Waals surface area contributed by atoms with Crippen molar-refractivity contribution >= 4 is 18.0 Å². The van der Waals surface area contributed by atoms with Crippen LogP contribution in [-0.2, 0) is 14.3 Å². The van der Waals surface area contributed by atoms with E-state index in [9.17, 15) is 23.2 Å². The lowest BCUT2D eigenvalue weighted by molar-refractivity contribution is -0.137. The summed E-state index contributed by atoms with van der Waals surface area (Å²) in [6, 6.07) is 14.9. The number of alkyl halides is 2. The molecule has 2 aromatic rings. The van der Waals surface area contributed by atoms with Gasteiger partial charge >= 0.3 is 12.1 Å². The van der Waals surface area contributed by atoms with Crippen molar-refractivity contribution in [3.63, 3.8) is 0 Å². The van der Waals surface area contributed by atoms with E-state index in [0.717, 1.165) is 22.3 Å². The molecule has 0 aromatic heterocycles. The summed E-state index contributed by atoms with van der Waals surface area (Å²) in [7, 11) is 0. The number of carbonyl (C=O) groups is 3. The monoisotopic (exact) mass is 458 g/mol. The molecule has 7 nitrogen and oxygen atoms in total. The lowest BCUT2D eigenvalue weighted by atomic mass is 9.98. The highest BCUT2D eigenvalue weighted by molar-refractivity contribution is 5.84. The van der Waals surface area contributed by atoms with Gasteiger partial charge in [-0.15, -0.1) is 0 Å². The van der Waals surface area contributed by atoms with Crippen LogP contribution in [0.25, 0.3) is 11.1 Å². The summed E-state index contributed by atoms with van der Waals surface area (Å²) in [6.45, 7) is 1.06. The quantitative estimate of drug-likeness (QED) is 0.563. The van der Waals surface area contributed by atoms with Gasteiger partial charge in [0.25, 0.3) is 5.92 Å². The molecule has 0 saturated heterocycles. The molecule has 3 atom stereocenters. The summed E-state index contributed by atoms with van der Waals surface area (Å²) in [5.41, 5.74) is 4.22. The van der Waals surface area contributed by atoms with Crippen LogP contribution in [0, 0.1) is 11.8 Å². The summed E-state index contributed by atoms with van der Waals surface area (Å²) in [4.78, 5) is 35.0. The third kappa shape index (κ3) is 4.53. The first kappa shape index (κ1) is 22.7. The molecule has 0 heterocycles. The fourth-order valence-corrected chi connectivity index (χ4v) is 4.49. The Morgan fingerprint density at radius 3 is 2.21 bits per heavy atom. The van der Waals surface area contributed by atoms with E-state index in [-0.39, 0.29) is 18.9 Å². The number of carboxylic acid groups (broad SMARTS) is 1. The number of hydrogen-bond acceptors (Lipinski definition) is 4. The second kappa shape index (κ2) is 8.80. The van der Waals surface area contributed by atoms with Crippen LogP contribution in [0.4, 0.5) is 13.6 Å². The van der Waals surface area contributed by atoms with Gasteiger partial charge in [-0.05, 0) is 29.2 Å². The molecule has 9 heteroatoms. The molecule has 2 aliphatic rings. The van der Waals surface area contributed by atoms with Crippen molar-refractivity contribution in [2.24, 2.45) is 11.8 Å². The Kier molecular flexibility index (Phi) is 6.05. The van der Waals surface area contributed by atoms with E-state index >= 15 is 0 Å². The molecule has 0 spiro atoms. The highest BCUT2D eigenvalue weighted by atomic mass is 19.3. The number of carbonyl (C=O) groups excluding carboxylic acids is 2. The number of ether oxygens (including phenoxy) is 1. The van der Waals surface area contributed by atoms with Gasteiger partial charge in [-0.1, -0.05) is 48.5 Å². The summed E-state index contributed by atoms with van der Waals surface area (Å²) < 4.78 is 33.5. The number of aliphatic carboxylic acids is 1. The Morgan fingerprint density at radius 2 is 1.64 bits per heavy atom. The van der Waals surface area contributed by atoms with Gasteiger partial charge in [0.2, 0.25) is 5.91 Å². The van der Waals surface area contributed by atoms with Gasteiger partial charge in [-0.2, -0.15) is 0 Å². The van der Waals surface area contributed by atoms with Gasteiger partial charge < -0.3 is 20.5 Å². The molecule has 33 heavy (non-hydrogen) atoms. The second-order valence-electron chi connectivity index (χ2n) is 8.47. The molecule has 1 fully saturated rings. The van der Waals surface area contributed by atoms with E-state index in [2.05, 4.69) is 10.6 Å². The predicted molar refractivity (Wildman–Crippen MR) is 115 cm³/mol. The predicted octanol–water partition coefficient (Wildman–Crippen LogP) is 3.39. The molecule has 174 valence electrons. The third-order valence-electron chi connectivity index (χ3n) is 6.16. The number of alkyl carbamates (subject to hydrolysis) is 1. The van der Waals surface area contributed by atoms with Crippen LogP contribution in [0.2, 0.25) is 0 Å². The summed E-state index contributed by atoms with van der Waals surface area (Å²) in [5, 5.41) is 13.3. The topological polar surface area (TPSA) is 105 Å². The van der Waals surface area contributed by atoms with Crippen molar-refractivity contribution in [1.29, 1.82) is 0 Å². The molecular formula is C24H24F2N2O5. The SMILES string of the molecule is C[C@@H](CC(=O)O)NC(=O)[C@@H]1[C@H](CNC(=O)OCC2c3ccccc3-c3ccccc32)C1(F)F. The maximum absolute atomic E-state index is 14.1. The van der Waals surface area contributed by atoms with Crippen molar-refractivity contribution in [3.05, 3.63) is 59.7 Å². The number of benzene rings is 2. The van der Waals surface area contributed by atoms with Gasteiger partial charge in [-0.3, -0.25) is 9.59 Å².